The number of hydrogen-bond donors (Lipinski definition) is 4. The second-order valence-electron chi connectivity index (χ2n) is 7.24. The first-order valence-corrected chi connectivity index (χ1v) is 10.9. The van der Waals surface area contributed by atoms with Gasteiger partial charge in [0.25, 0.3) is 0 Å². The Morgan fingerprint density at radius 2 is 1.62 bits per heavy atom. The van der Waals surface area contributed by atoms with E-state index < -0.39 is 0 Å². The van der Waals surface area contributed by atoms with Crippen LogP contribution in [0.5, 0.6) is 0 Å². The van der Waals surface area contributed by atoms with Crippen LogP contribution in [0.2, 0.25) is 0 Å². The molecule has 3 rings (SSSR count). The highest BCUT2D eigenvalue weighted by molar-refractivity contribution is 5.42. The zero-order valence-electron chi connectivity index (χ0n) is 18.2. The minimum Gasteiger partial charge on any atom is -0.378 e. The van der Waals surface area contributed by atoms with E-state index in [1.54, 1.807) is 12.1 Å². The molecule has 2 aromatic rings. The van der Waals surface area contributed by atoms with Crippen molar-refractivity contribution in [2.75, 3.05) is 68.6 Å². The van der Waals surface area contributed by atoms with Gasteiger partial charge in [-0.3, -0.25) is 0 Å². The van der Waals surface area contributed by atoms with E-state index in [1.807, 2.05) is 0 Å². The van der Waals surface area contributed by atoms with Crippen LogP contribution >= 0.6 is 0 Å². The van der Waals surface area contributed by atoms with Crippen molar-refractivity contribution in [3.05, 3.63) is 35.6 Å². The number of rotatable bonds is 15. The minimum absolute atomic E-state index is 0.161. The number of benzene rings is 1. The maximum Gasteiger partial charge on any atom is 0.229 e. The van der Waals surface area contributed by atoms with Crippen molar-refractivity contribution in [1.29, 1.82) is 0 Å². The molecule has 0 bridgehead atoms. The molecule has 1 atom stereocenters. The number of aromatic nitrogens is 3. The molecule has 32 heavy (non-hydrogen) atoms. The Morgan fingerprint density at radius 3 is 2.31 bits per heavy atom. The summed E-state index contributed by atoms with van der Waals surface area (Å²) in [5, 5.41) is 9.55. The highest BCUT2D eigenvalue weighted by Gasteiger charge is 2.16. The van der Waals surface area contributed by atoms with E-state index in [2.05, 4.69) is 30.9 Å². The van der Waals surface area contributed by atoms with Gasteiger partial charge in [0, 0.05) is 32.8 Å². The summed E-state index contributed by atoms with van der Waals surface area (Å²) < 4.78 is 29.5. The van der Waals surface area contributed by atoms with E-state index in [-0.39, 0.29) is 11.9 Å². The summed E-state index contributed by atoms with van der Waals surface area (Å²) in [6, 6.07) is 6.28. The number of nitrogens with one attached hydrogen (secondary N) is 3. The van der Waals surface area contributed by atoms with Crippen molar-refractivity contribution in [3.63, 3.8) is 0 Å². The van der Waals surface area contributed by atoms with E-state index in [1.165, 1.54) is 12.1 Å². The number of halogens is 1. The van der Waals surface area contributed by atoms with Crippen molar-refractivity contribution >= 4 is 17.8 Å². The molecule has 0 saturated carbocycles. The van der Waals surface area contributed by atoms with E-state index >= 15 is 0 Å². The summed E-state index contributed by atoms with van der Waals surface area (Å²) in [6.45, 7) is 4.93. The summed E-state index contributed by atoms with van der Waals surface area (Å²) >= 11 is 0. The van der Waals surface area contributed by atoms with Gasteiger partial charge in [-0.05, 0) is 30.5 Å². The van der Waals surface area contributed by atoms with Gasteiger partial charge in [-0.2, -0.15) is 15.0 Å². The molecule has 0 spiro atoms. The monoisotopic (exact) mass is 449 g/mol. The first-order chi connectivity index (χ1) is 15.7. The molecule has 1 aromatic carbocycles. The normalized spacial score (nSPS) is 15.6. The topological polar surface area (TPSA) is 128 Å². The van der Waals surface area contributed by atoms with Crippen LogP contribution in [0.15, 0.2) is 24.3 Å². The SMILES string of the molecule is NCCOCCOCCNc1nc(NCc2ccc(F)cc2)nc(NCC2CCCO2)n1. The first-order valence-electron chi connectivity index (χ1n) is 10.9. The van der Waals surface area contributed by atoms with E-state index in [9.17, 15) is 4.39 Å². The maximum absolute atomic E-state index is 13.1. The van der Waals surface area contributed by atoms with Gasteiger partial charge in [-0.25, -0.2) is 4.39 Å². The fraction of sp³-hybridized carbons (Fsp3) is 0.571. The largest absolute Gasteiger partial charge is 0.378 e. The van der Waals surface area contributed by atoms with Gasteiger partial charge in [-0.15, -0.1) is 0 Å². The third kappa shape index (κ3) is 8.87. The molecule has 176 valence electrons. The van der Waals surface area contributed by atoms with Crippen molar-refractivity contribution in [1.82, 2.24) is 15.0 Å². The lowest BCUT2D eigenvalue weighted by atomic mass is 10.2. The average Bonchev–Trinajstić information content (AvgIpc) is 3.33. The van der Waals surface area contributed by atoms with Gasteiger partial charge >= 0.3 is 0 Å². The Labute approximate surface area is 187 Å². The molecule has 10 nitrogen and oxygen atoms in total. The Balaban J connectivity index is 1.52. The smallest absolute Gasteiger partial charge is 0.229 e. The van der Waals surface area contributed by atoms with E-state index in [0.717, 1.165) is 25.0 Å². The molecule has 0 radical (unpaired) electrons. The highest BCUT2D eigenvalue weighted by atomic mass is 19.1. The molecule has 0 amide bonds. The van der Waals surface area contributed by atoms with Gasteiger partial charge in [-0.1, -0.05) is 12.1 Å². The van der Waals surface area contributed by atoms with Crippen molar-refractivity contribution in [2.24, 2.45) is 5.73 Å². The van der Waals surface area contributed by atoms with E-state index in [0.29, 0.717) is 70.5 Å². The Morgan fingerprint density at radius 1 is 0.938 bits per heavy atom. The number of ether oxygens (including phenoxy) is 3. The Bertz CT molecular complexity index is 791. The van der Waals surface area contributed by atoms with Crippen LogP contribution in [0.1, 0.15) is 18.4 Å². The molecule has 1 saturated heterocycles. The molecule has 1 aliphatic rings. The molecule has 2 heterocycles. The number of nitrogens with zero attached hydrogens (tertiary/aromatic N) is 3. The predicted octanol–water partition coefficient (Wildman–Crippen LogP) is 1.62. The van der Waals surface area contributed by atoms with Crippen LogP contribution in [0.3, 0.4) is 0 Å². The Kier molecular flexibility index (Phi) is 10.3. The second kappa shape index (κ2) is 13.7. The van der Waals surface area contributed by atoms with Crippen LogP contribution in [0.25, 0.3) is 0 Å². The van der Waals surface area contributed by atoms with Gasteiger partial charge in [0.15, 0.2) is 0 Å². The molecule has 1 fully saturated rings. The number of nitrogens with two attached hydrogens (primary N) is 1. The lowest BCUT2D eigenvalue weighted by Crippen LogP contribution is -2.21. The van der Waals surface area contributed by atoms with Crippen molar-refractivity contribution in [2.45, 2.75) is 25.5 Å². The maximum atomic E-state index is 13.1. The molecule has 1 aromatic heterocycles. The average molecular weight is 450 g/mol. The van der Waals surface area contributed by atoms with Crippen LogP contribution in [0, 0.1) is 5.82 Å². The number of hydrogen-bond acceptors (Lipinski definition) is 10. The van der Waals surface area contributed by atoms with Gasteiger partial charge in [0.2, 0.25) is 17.8 Å². The summed E-state index contributed by atoms with van der Waals surface area (Å²) in [7, 11) is 0. The third-order valence-electron chi connectivity index (χ3n) is 4.67. The standard InChI is InChI=1S/C21H32FN7O3/c22-17-5-3-16(4-6-17)14-25-20-27-19(24-8-11-31-13-12-30-10-7-23)28-21(29-20)26-15-18-2-1-9-32-18/h3-6,18H,1-2,7-15,23H2,(H3,24,25,26,27,28,29). The van der Waals surface area contributed by atoms with Gasteiger partial charge in [0.05, 0.1) is 32.5 Å². The molecular weight excluding hydrogens is 417 g/mol. The minimum atomic E-state index is -0.269. The van der Waals surface area contributed by atoms with Crippen molar-refractivity contribution < 1.29 is 18.6 Å². The zero-order chi connectivity index (χ0) is 22.4. The van der Waals surface area contributed by atoms with Crippen LogP contribution in [0.4, 0.5) is 22.2 Å². The molecule has 11 heteroatoms. The summed E-state index contributed by atoms with van der Waals surface area (Å²) in [6.07, 6.45) is 2.25. The zero-order valence-corrected chi connectivity index (χ0v) is 18.2. The van der Waals surface area contributed by atoms with E-state index in [4.69, 9.17) is 19.9 Å². The fourth-order valence-corrected chi connectivity index (χ4v) is 3.05. The van der Waals surface area contributed by atoms with Crippen LogP contribution in [-0.4, -0.2) is 73.7 Å². The summed E-state index contributed by atoms with van der Waals surface area (Å²) in [5.41, 5.74) is 6.29. The molecular formula is C21H32FN7O3. The summed E-state index contributed by atoms with van der Waals surface area (Å²) in [4.78, 5) is 13.3. The lowest BCUT2D eigenvalue weighted by Gasteiger charge is -2.13. The molecule has 5 N–H and O–H groups in total. The molecule has 1 unspecified atom stereocenters. The second-order valence-corrected chi connectivity index (χ2v) is 7.24. The van der Waals surface area contributed by atoms with Crippen molar-refractivity contribution in [3.8, 4) is 0 Å². The first kappa shape index (κ1) is 24.1. The third-order valence-corrected chi connectivity index (χ3v) is 4.67. The fourth-order valence-electron chi connectivity index (χ4n) is 3.05. The van der Waals surface area contributed by atoms with Gasteiger partial charge < -0.3 is 35.9 Å². The molecule has 0 aliphatic carbocycles. The Hall–Kier alpha value is -2.60. The summed E-state index contributed by atoms with van der Waals surface area (Å²) in [5.74, 6) is 1.03. The lowest BCUT2D eigenvalue weighted by molar-refractivity contribution is 0.0547. The van der Waals surface area contributed by atoms with Crippen LogP contribution < -0.4 is 21.7 Å². The highest BCUT2D eigenvalue weighted by Crippen LogP contribution is 2.15. The van der Waals surface area contributed by atoms with Crippen LogP contribution in [-0.2, 0) is 20.8 Å². The van der Waals surface area contributed by atoms with Gasteiger partial charge in [0.1, 0.15) is 5.82 Å². The molecule has 1 aliphatic heterocycles. The quantitative estimate of drug-likeness (QED) is 0.298. The predicted molar refractivity (Wildman–Crippen MR) is 120 cm³/mol. The number of anilines is 3.